The van der Waals surface area contributed by atoms with Gasteiger partial charge in [-0.15, -0.1) is 0 Å². The highest BCUT2D eigenvalue weighted by Crippen LogP contribution is 2.14. The first-order chi connectivity index (χ1) is 7.84. The minimum atomic E-state index is 0.858. The lowest BCUT2D eigenvalue weighted by atomic mass is 10.1. The smallest absolute Gasteiger partial charge is 0.0314 e. The molecule has 1 aliphatic rings. The summed E-state index contributed by atoms with van der Waals surface area (Å²) >= 11 is 0. The Morgan fingerprint density at radius 3 is 2.06 bits per heavy atom. The summed E-state index contributed by atoms with van der Waals surface area (Å²) in [6.45, 7) is 3.59. The summed E-state index contributed by atoms with van der Waals surface area (Å²) in [5.41, 5.74) is 7.93. The van der Waals surface area contributed by atoms with Crippen LogP contribution in [0.1, 0.15) is 37.7 Å². The van der Waals surface area contributed by atoms with E-state index in [4.69, 9.17) is 5.73 Å². The van der Waals surface area contributed by atoms with Gasteiger partial charge < -0.3 is 5.73 Å². The van der Waals surface area contributed by atoms with E-state index in [2.05, 4.69) is 17.0 Å². The Morgan fingerprint density at radius 2 is 1.44 bits per heavy atom. The van der Waals surface area contributed by atoms with Crippen molar-refractivity contribution in [3.63, 3.8) is 0 Å². The molecule has 0 bridgehead atoms. The lowest BCUT2D eigenvalue weighted by molar-refractivity contribution is 0.240. The number of benzene rings is 1. The average Bonchev–Trinajstić information content (AvgIpc) is 2.25. The van der Waals surface area contributed by atoms with Crippen molar-refractivity contribution in [1.82, 2.24) is 4.90 Å². The highest BCUT2D eigenvalue weighted by atomic mass is 15.1. The van der Waals surface area contributed by atoms with E-state index in [0.717, 1.165) is 12.2 Å². The first-order valence-electron chi connectivity index (χ1n) is 6.41. The number of likely N-dealkylation sites (tertiary alicyclic amines) is 1. The van der Waals surface area contributed by atoms with Crippen LogP contribution in [0.25, 0.3) is 0 Å². The number of nitrogen functional groups attached to an aromatic ring is 1. The van der Waals surface area contributed by atoms with E-state index in [9.17, 15) is 0 Å². The number of hydrogen-bond donors (Lipinski definition) is 1. The first kappa shape index (κ1) is 11.5. The van der Waals surface area contributed by atoms with E-state index in [1.165, 1.54) is 50.8 Å². The van der Waals surface area contributed by atoms with Crippen molar-refractivity contribution in [3.05, 3.63) is 29.8 Å². The van der Waals surface area contributed by atoms with Crippen LogP contribution in [0.5, 0.6) is 0 Å². The molecule has 0 amide bonds. The SMILES string of the molecule is Nc1ccc(CN2CCCCCCC2)cc1. The van der Waals surface area contributed by atoms with Crippen molar-refractivity contribution in [1.29, 1.82) is 0 Å². The van der Waals surface area contributed by atoms with Crippen LogP contribution >= 0.6 is 0 Å². The molecule has 0 saturated carbocycles. The van der Waals surface area contributed by atoms with Crippen molar-refractivity contribution >= 4 is 5.69 Å². The molecule has 2 heteroatoms. The molecule has 16 heavy (non-hydrogen) atoms. The van der Waals surface area contributed by atoms with Crippen molar-refractivity contribution in [2.45, 2.75) is 38.6 Å². The van der Waals surface area contributed by atoms with Gasteiger partial charge in [-0.05, 0) is 43.6 Å². The molecule has 1 aliphatic heterocycles. The number of hydrogen-bond acceptors (Lipinski definition) is 2. The summed E-state index contributed by atoms with van der Waals surface area (Å²) in [6.07, 6.45) is 6.94. The zero-order valence-corrected chi connectivity index (χ0v) is 9.99. The monoisotopic (exact) mass is 218 g/mol. The third-order valence-electron chi connectivity index (χ3n) is 3.33. The Kier molecular flexibility index (Phi) is 4.23. The number of nitrogens with zero attached hydrogens (tertiary/aromatic N) is 1. The lowest BCUT2D eigenvalue weighted by Gasteiger charge is -2.24. The van der Waals surface area contributed by atoms with Crippen LogP contribution < -0.4 is 5.73 Å². The molecule has 1 saturated heterocycles. The minimum Gasteiger partial charge on any atom is -0.399 e. The molecule has 2 rings (SSSR count). The Morgan fingerprint density at radius 1 is 0.875 bits per heavy atom. The maximum atomic E-state index is 5.69. The van der Waals surface area contributed by atoms with E-state index in [1.54, 1.807) is 0 Å². The molecule has 0 spiro atoms. The Hall–Kier alpha value is -1.02. The number of rotatable bonds is 2. The standard InChI is InChI=1S/C14H22N2/c15-14-8-6-13(7-9-14)12-16-10-4-2-1-3-5-11-16/h6-9H,1-5,10-12,15H2. The van der Waals surface area contributed by atoms with Gasteiger partial charge in [0.1, 0.15) is 0 Å². The van der Waals surface area contributed by atoms with Crippen LogP contribution in [-0.4, -0.2) is 18.0 Å². The molecule has 0 radical (unpaired) electrons. The van der Waals surface area contributed by atoms with E-state index in [0.29, 0.717) is 0 Å². The third kappa shape index (κ3) is 3.53. The summed E-state index contributed by atoms with van der Waals surface area (Å²) < 4.78 is 0. The molecule has 1 aromatic carbocycles. The zero-order chi connectivity index (χ0) is 11.2. The molecule has 2 N–H and O–H groups in total. The van der Waals surface area contributed by atoms with Crippen molar-refractivity contribution in [2.24, 2.45) is 0 Å². The van der Waals surface area contributed by atoms with E-state index in [-0.39, 0.29) is 0 Å². The molecule has 0 unspecified atom stereocenters. The highest BCUT2D eigenvalue weighted by molar-refractivity contribution is 5.39. The molecular formula is C14H22N2. The second-order valence-corrected chi connectivity index (χ2v) is 4.79. The van der Waals surface area contributed by atoms with Gasteiger partial charge in [0.05, 0.1) is 0 Å². The molecule has 1 aromatic rings. The fraction of sp³-hybridized carbons (Fsp3) is 0.571. The molecule has 2 nitrogen and oxygen atoms in total. The summed E-state index contributed by atoms with van der Waals surface area (Å²) in [6, 6.07) is 8.29. The average molecular weight is 218 g/mol. The largest absolute Gasteiger partial charge is 0.399 e. The summed E-state index contributed by atoms with van der Waals surface area (Å²) in [5, 5.41) is 0. The molecular weight excluding hydrogens is 196 g/mol. The van der Waals surface area contributed by atoms with Gasteiger partial charge in [0.15, 0.2) is 0 Å². The molecule has 1 fully saturated rings. The number of nitrogens with two attached hydrogens (primary N) is 1. The Labute approximate surface area is 98.4 Å². The lowest BCUT2D eigenvalue weighted by Crippen LogP contribution is -2.26. The van der Waals surface area contributed by atoms with Crippen LogP contribution in [0.15, 0.2) is 24.3 Å². The molecule has 0 aliphatic carbocycles. The molecule has 88 valence electrons. The van der Waals surface area contributed by atoms with Crippen LogP contribution in [0.2, 0.25) is 0 Å². The third-order valence-corrected chi connectivity index (χ3v) is 3.33. The predicted octanol–water partition coefficient (Wildman–Crippen LogP) is 3.03. The summed E-state index contributed by atoms with van der Waals surface area (Å²) in [4.78, 5) is 2.57. The molecule has 1 heterocycles. The minimum absolute atomic E-state index is 0.858. The number of anilines is 1. The summed E-state index contributed by atoms with van der Waals surface area (Å²) in [7, 11) is 0. The van der Waals surface area contributed by atoms with Crippen LogP contribution in [0.4, 0.5) is 5.69 Å². The fourth-order valence-electron chi connectivity index (χ4n) is 2.35. The second-order valence-electron chi connectivity index (χ2n) is 4.79. The van der Waals surface area contributed by atoms with Gasteiger partial charge in [0.2, 0.25) is 0 Å². The maximum Gasteiger partial charge on any atom is 0.0314 e. The molecule has 0 atom stereocenters. The topological polar surface area (TPSA) is 29.3 Å². The quantitative estimate of drug-likeness (QED) is 0.773. The second kappa shape index (κ2) is 5.90. The van der Waals surface area contributed by atoms with Gasteiger partial charge in [0.25, 0.3) is 0 Å². The zero-order valence-electron chi connectivity index (χ0n) is 9.99. The maximum absolute atomic E-state index is 5.69. The van der Waals surface area contributed by atoms with Gasteiger partial charge in [0, 0.05) is 12.2 Å². The normalized spacial score (nSPS) is 19.0. The fourth-order valence-corrected chi connectivity index (χ4v) is 2.35. The Balaban J connectivity index is 1.89. The first-order valence-corrected chi connectivity index (χ1v) is 6.41. The van der Waals surface area contributed by atoms with E-state index < -0.39 is 0 Å². The van der Waals surface area contributed by atoms with Gasteiger partial charge in [-0.2, -0.15) is 0 Å². The van der Waals surface area contributed by atoms with Gasteiger partial charge in [-0.3, -0.25) is 4.90 Å². The van der Waals surface area contributed by atoms with Crippen molar-refractivity contribution in [3.8, 4) is 0 Å². The molecule has 0 aromatic heterocycles. The van der Waals surface area contributed by atoms with Crippen LogP contribution in [-0.2, 0) is 6.54 Å². The van der Waals surface area contributed by atoms with E-state index in [1.807, 2.05) is 12.1 Å². The van der Waals surface area contributed by atoms with Gasteiger partial charge in [-0.25, -0.2) is 0 Å². The van der Waals surface area contributed by atoms with Gasteiger partial charge >= 0.3 is 0 Å². The predicted molar refractivity (Wildman–Crippen MR) is 69.2 cm³/mol. The highest BCUT2D eigenvalue weighted by Gasteiger charge is 2.08. The Bertz CT molecular complexity index is 297. The van der Waals surface area contributed by atoms with Crippen LogP contribution in [0, 0.1) is 0 Å². The van der Waals surface area contributed by atoms with Crippen LogP contribution in [0.3, 0.4) is 0 Å². The summed E-state index contributed by atoms with van der Waals surface area (Å²) in [5.74, 6) is 0. The van der Waals surface area contributed by atoms with Gasteiger partial charge in [-0.1, -0.05) is 31.4 Å². The van der Waals surface area contributed by atoms with E-state index >= 15 is 0 Å². The van der Waals surface area contributed by atoms with Crippen molar-refractivity contribution < 1.29 is 0 Å². The van der Waals surface area contributed by atoms with Crippen molar-refractivity contribution in [2.75, 3.05) is 18.8 Å².